The van der Waals surface area contributed by atoms with Crippen LogP contribution in [-0.4, -0.2) is 47.4 Å². The number of fused-ring (bicyclic) bond motifs is 1. The molecule has 4 heterocycles. The Morgan fingerprint density at radius 1 is 1.30 bits per heavy atom. The average molecular weight is 345 g/mol. The van der Waals surface area contributed by atoms with E-state index in [0.717, 1.165) is 45.0 Å². The molecule has 0 N–H and O–H groups in total. The van der Waals surface area contributed by atoms with E-state index in [-0.39, 0.29) is 5.91 Å². The molecule has 4 fully saturated rings. The molecule has 3 nitrogen and oxygen atoms in total. The predicted octanol–water partition coefficient (Wildman–Crippen LogP) is 3.47. The number of piperidine rings is 1. The number of nitrogens with zero attached hydrogens (tertiary/aromatic N) is 2. The van der Waals surface area contributed by atoms with E-state index in [1.165, 1.54) is 19.4 Å². The highest BCUT2D eigenvalue weighted by Crippen LogP contribution is 2.67. The summed E-state index contributed by atoms with van der Waals surface area (Å²) in [5.74, 6) is 0.968. The molecule has 5 atom stereocenters. The number of likely N-dealkylation sites (tertiary alicyclic amines) is 1. The summed E-state index contributed by atoms with van der Waals surface area (Å²) < 4.78 is 1.03. The largest absolute Gasteiger partial charge is 0.333 e. The van der Waals surface area contributed by atoms with E-state index in [9.17, 15) is 4.79 Å². The van der Waals surface area contributed by atoms with Crippen molar-refractivity contribution in [2.75, 3.05) is 19.6 Å². The van der Waals surface area contributed by atoms with Crippen molar-refractivity contribution in [3.05, 3.63) is 34.2 Å². The summed E-state index contributed by atoms with van der Waals surface area (Å²) in [5.41, 5.74) is 0.448. The first-order valence-corrected chi connectivity index (χ1v) is 9.61. The Morgan fingerprint density at radius 2 is 2.22 bits per heavy atom. The third-order valence-corrected chi connectivity index (χ3v) is 8.55. The molecule has 3 unspecified atom stereocenters. The van der Waals surface area contributed by atoms with Crippen LogP contribution in [0.5, 0.6) is 0 Å². The van der Waals surface area contributed by atoms with Crippen molar-refractivity contribution in [2.45, 2.75) is 24.9 Å². The minimum absolute atomic E-state index is 0.226. The van der Waals surface area contributed by atoms with Gasteiger partial charge in [0, 0.05) is 24.5 Å². The Hall–Kier alpha value is -1.10. The first kappa shape index (κ1) is 13.2. The maximum absolute atomic E-state index is 13.2. The van der Waals surface area contributed by atoms with Gasteiger partial charge in [0.15, 0.2) is 0 Å². The molecule has 1 aromatic carbocycles. The highest BCUT2D eigenvalue weighted by atomic mass is 35.5. The number of rotatable bonds is 1. The molecule has 23 heavy (non-hydrogen) atoms. The van der Waals surface area contributed by atoms with Crippen LogP contribution in [0.2, 0.25) is 5.02 Å². The molecule has 2 aromatic rings. The molecule has 4 aliphatic rings. The quantitative estimate of drug-likeness (QED) is 0.790. The molecule has 1 amide bonds. The van der Waals surface area contributed by atoms with Crippen molar-refractivity contribution in [3.63, 3.8) is 0 Å². The highest BCUT2D eigenvalue weighted by molar-refractivity contribution is 7.21. The number of carbonyl (C=O) groups excluding carboxylic acids is 1. The number of amides is 1. The lowest BCUT2D eigenvalue weighted by molar-refractivity contribution is 0.0485. The lowest BCUT2D eigenvalue weighted by atomic mass is 9.57. The molecule has 1 spiro atoms. The standard InChI is InChI=1S/C18H17ClN2OS/c19-12-3-1-2-10-6-13(23-16(10)12)17(22)21-8-11-7-14-18(11)4-5-20(14)9-15(18)21/h1-3,6,11,14-15H,4-5,7-9H2/t11-,14?,15-,18?/m0/s1. The molecule has 3 aliphatic heterocycles. The van der Waals surface area contributed by atoms with Crippen LogP contribution in [0.1, 0.15) is 22.5 Å². The first-order valence-electron chi connectivity index (χ1n) is 8.41. The molecular weight excluding hydrogens is 328 g/mol. The number of benzene rings is 1. The Morgan fingerprint density at radius 3 is 3.04 bits per heavy atom. The Bertz CT molecular complexity index is 864. The molecule has 2 bridgehead atoms. The summed E-state index contributed by atoms with van der Waals surface area (Å²) in [6.45, 7) is 3.31. The van der Waals surface area contributed by atoms with Gasteiger partial charge in [-0.05, 0) is 42.8 Å². The lowest BCUT2D eigenvalue weighted by Crippen LogP contribution is -2.51. The van der Waals surface area contributed by atoms with Gasteiger partial charge in [0.25, 0.3) is 5.91 Å². The number of hydrogen-bond acceptors (Lipinski definition) is 3. The molecular formula is C18H17ClN2OS. The summed E-state index contributed by atoms with van der Waals surface area (Å²) in [6, 6.07) is 9.14. The van der Waals surface area contributed by atoms with E-state index in [1.807, 2.05) is 24.3 Å². The van der Waals surface area contributed by atoms with Gasteiger partial charge in [0.05, 0.1) is 20.6 Å². The van der Waals surface area contributed by atoms with Crippen LogP contribution in [-0.2, 0) is 0 Å². The van der Waals surface area contributed by atoms with Gasteiger partial charge in [-0.2, -0.15) is 0 Å². The fraction of sp³-hybridized carbons (Fsp3) is 0.500. The molecule has 118 valence electrons. The van der Waals surface area contributed by atoms with Gasteiger partial charge in [-0.1, -0.05) is 23.7 Å². The van der Waals surface area contributed by atoms with Crippen LogP contribution in [0.15, 0.2) is 24.3 Å². The summed E-state index contributed by atoms with van der Waals surface area (Å²) >= 11 is 7.83. The number of halogens is 1. The van der Waals surface area contributed by atoms with Crippen molar-refractivity contribution in [1.82, 2.24) is 9.80 Å². The van der Waals surface area contributed by atoms with Gasteiger partial charge >= 0.3 is 0 Å². The second-order valence-electron chi connectivity index (χ2n) is 7.55. The monoisotopic (exact) mass is 344 g/mol. The van der Waals surface area contributed by atoms with Crippen molar-refractivity contribution >= 4 is 38.9 Å². The average Bonchev–Trinajstić information content (AvgIpc) is 3.20. The molecule has 3 saturated heterocycles. The van der Waals surface area contributed by atoms with Gasteiger partial charge in [0.2, 0.25) is 0 Å². The SMILES string of the molecule is O=C(c1cc2cccc(Cl)c2s1)N1C[C@@H]2CC3N4CCC32[C@@H]1C4. The number of thiophene rings is 1. The molecule has 1 aromatic heterocycles. The normalized spacial score (nSPS) is 39.8. The zero-order chi connectivity index (χ0) is 15.3. The Labute approximate surface area is 143 Å². The van der Waals surface area contributed by atoms with Crippen molar-refractivity contribution < 1.29 is 4.79 Å². The van der Waals surface area contributed by atoms with Crippen molar-refractivity contribution in [3.8, 4) is 0 Å². The van der Waals surface area contributed by atoms with Crippen LogP contribution < -0.4 is 0 Å². The van der Waals surface area contributed by atoms with Gasteiger partial charge in [0.1, 0.15) is 0 Å². The smallest absolute Gasteiger partial charge is 0.264 e. The van der Waals surface area contributed by atoms with Crippen LogP contribution in [0.4, 0.5) is 0 Å². The third-order valence-electron chi connectivity index (χ3n) is 6.95. The molecule has 1 saturated carbocycles. The fourth-order valence-electron chi connectivity index (χ4n) is 5.94. The zero-order valence-corrected chi connectivity index (χ0v) is 14.2. The van der Waals surface area contributed by atoms with Crippen LogP contribution in [0, 0.1) is 11.3 Å². The summed E-state index contributed by atoms with van der Waals surface area (Å²) in [6.07, 6.45) is 2.60. The van der Waals surface area contributed by atoms with Crippen LogP contribution in [0.25, 0.3) is 10.1 Å². The van der Waals surface area contributed by atoms with Gasteiger partial charge in [-0.25, -0.2) is 0 Å². The van der Waals surface area contributed by atoms with E-state index in [1.54, 1.807) is 11.3 Å². The minimum Gasteiger partial charge on any atom is -0.333 e. The van der Waals surface area contributed by atoms with E-state index >= 15 is 0 Å². The van der Waals surface area contributed by atoms with Crippen molar-refractivity contribution in [1.29, 1.82) is 0 Å². The molecule has 6 rings (SSSR count). The number of carbonyl (C=O) groups is 1. The van der Waals surface area contributed by atoms with Gasteiger partial charge < -0.3 is 4.90 Å². The maximum Gasteiger partial charge on any atom is 0.264 e. The fourth-order valence-corrected chi connectivity index (χ4v) is 7.26. The molecule has 0 radical (unpaired) electrons. The van der Waals surface area contributed by atoms with Gasteiger partial charge in [-0.3, -0.25) is 9.69 Å². The predicted molar refractivity (Wildman–Crippen MR) is 92.2 cm³/mol. The minimum atomic E-state index is 0.226. The second kappa shape index (κ2) is 4.11. The molecule has 1 aliphatic carbocycles. The van der Waals surface area contributed by atoms with E-state index in [4.69, 9.17) is 11.6 Å². The maximum atomic E-state index is 13.2. The van der Waals surface area contributed by atoms with Crippen molar-refractivity contribution in [2.24, 2.45) is 11.3 Å². The van der Waals surface area contributed by atoms with E-state index in [2.05, 4.69) is 9.80 Å². The summed E-state index contributed by atoms with van der Waals surface area (Å²) in [7, 11) is 0. The van der Waals surface area contributed by atoms with Crippen LogP contribution >= 0.6 is 22.9 Å². The van der Waals surface area contributed by atoms with E-state index in [0.29, 0.717) is 11.5 Å². The van der Waals surface area contributed by atoms with Gasteiger partial charge in [-0.15, -0.1) is 11.3 Å². The third kappa shape index (κ3) is 1.40. The molecule has 5 heteroatoms. The lowest BCUT2D eigenvalue weighted by Gasteiger charge is -2.46. The zero-order valence-electron chi connectivity index (χ0n) is 12.7. The topological polar surface area (TPSA) is 23.6 Å². The highest BCUT2D eigenvalue weighted by Gasteiger charge is 2.73. The van der Waals surface area contributed by atoms with E-state index < -0.39 is 0 Å². The second-order valence-corrected chi connectivity index (χ2v) is 9.01. The summed E-state index contributed by atoms with van der Waals surface area (Å²) in [5, 5.41) is 1.83. The summed E-state index contributed by atoms with van der Waals surface area (Å²) in [4.78, 5) is 18.9. The Kier molecular flexibility index (Phi) is 2.36. The first-order chi connectivity index (χ1) is 11.2. The van der Waals surface area contributed by atoms with Crippen LogP contribution in [0.3, 0.4) is 0 Å². The number of hydrogen-bond donors (Lipinski definition) is 0. The Balaban J connectivity index is 1.40.